The van der Waals surface area contributed by atoms with Crippen molar-refractivity contribution in [2.45, 2.75) is 19.4 Å². The largest absolute Gasteiger partial charge is 1.00 e. The van der Waals surface area contributed by atoms with Crippen molar-refractivity contribution in [1.82, 2.24) is 0 Å². The van der Waals surface area contributed by atoms with E-state index in [1.54, 1.807) is 12.1 Å². The van der Waals surface area contributed by atoms with Crippen molar-refractivity contribution in [1.29, 1.82) is 0 Å². The van der Waals surface area contributed by atoms with Crippen molar-refractivity contribution in [3.05, 3.63) is 47.7 Å². The van der Waals surface area contributed by atoms with Crippen molar-refractivity contribution in [2.24, 2.45) is 0 Å². The first kappa shape index (κ1) is 15.8. The van der Waals surface area contributed by atoms with Gasteiger partial charge in [0.2, 0.25) is 0 Å². The molecule has 88 valence electrons. The van der Waals surface area contributed by atoms with Gasteiger partial charge < -0.3 is 15.6 Å². The van der Waals surface area contributed by atoms with Crippen molar-refractivity contribution < 1.29 is 61.3 Å². The number of hydrogen-bond acceptors (Lipinski definition) is 2. The van der Waals surface area contributed by atoms with Crippen LogP contribution < -0.4 is 51.4 Å². The van der Waals surface area contributed by atoms with Crippen LogP contribution >= 0.6 is 0 Å². The molecule has 0 aliphatic carbocycles. The monoisotopic (exact) mass is 267 g/mol. The Morgan fingerprint density at radius 2 is 1.83 bits per heavy atom. The summed E-state index contributed by atoms with van der Waals surface area (Å²) in [6, 6.07) is 10.2. The molecule has 2 aromatic rings. The first-order valence-electron chi connectivity index (χ1n) is 5.49. The van der Waals surface area contributed by atoms with E-state index in [0.717, 1.165) is 16.3 Å². The third-order valence-electron chi connectivity index (χ3n) is 2.82. The third-order valence-corrected chi connectivity index (χ3v) is 2.82. The zero-order valence-electron chi connectivity index (χ0n) is 10.6. The molecule has 3 nitrogen and oxygen atoms in total. The summed E-state index contributed by atoms with van der Waals surface area (Å²) in [6.45, 7) is 1.44. The first-order valence-corrected chi connectivity index (χ1v) is 5.49. The normalized spacial score (nSPS) is 11.9. The van der Waals surface area contributed by atoms with Crippen LogP contribution in [0, 0.1) is 0 Å². The molecule has 0 saturated carbocycles. The molecule has 0 aliphatic rings. The molecule has 0 fully saturated rings. The fourth-order valence-electron chi connectivity index (χ4n) is 1.79. The van der Waals surface area contributed by atoms with Crippen LogP contribution in [0.1, 0.15) is 12.5 Å². The number of carbonyl (C=O) groups excluding carboxylic acids is 1. The zero-order chi connectivity index (χ0) is 12.4. The van der Waals surface area contributed by atoms with Gasteiger partial charge in [-0.2, -0.15) is 0 Å². The van der Waals surface area contributed by atoms with E-state index in [2.05, 4.69) is 0 Å². The van der Waals surface area contributed by atoms with Gasteiger partial charge >= 0.3 is 51.4 Å². The van der Waals surface area contributed by atoms with E-state index >= 15 is 0 Å². The fourth-order valence-corrected chi connectivity index (χ4v) is 1.79. The number of phenolic OH excluding ortho intramolecular Hbond substituents is 1. The van der Waals surface area contributed by atoms with Crippen molar-refractivity contribution in [3.8, 4) is 5.75 Å². The van der Waals surface area contributed by atoms with E-state index < -0.39 is 6.04 Å². The molecule has 1 atom stereocenters. The maximum atomic E-state index is 11.0. The van der Waals surface area contributed by atoms with Crippen LogP contribution in [0.4, 0.5) is 0 Å². The van der Waals surface area contributed by atoms with E-state index in [1.807, 2.05) is 24.3 Å². The number of phenols is 1. The molecule has 0 bridgehead atoms. The summed E-state index contributed by atoms with van der Waals surface area (Å²) in [5.74, 6) is 0.128. The van der Waals surface area contributed by atoms with Gasteiger partial charge in [0.1, 0.15) is 11.5 Å². The number of hydrogen-bond donors (Lipinski definition) is 1. The van der Waals surface area contributed by atoms with E-state index in [1.165, 1.54) is 6.92 Å². The van der Waals surface area contributed by atoms with Gasteiger partial charge in [0.05, 0.1) is 0 Å². The molecule has 2 aromatic carbocycles. The molecule has 0 spiro atoms. The molecule has 1 unspecified atom stereocenters. The Balaban J connectivity index is 0.00000162. The zero-order valence-corrected chi connectivity index (χ0v) is 13.7. The van der Waals surface area contributed by atoms with Crippen LogP contribution in [0.15, 0.2) is 36.4 Å². The molecular formula is C14H14KNO2. The van der Waals surface area contributed by atoms with Crippen LogP contribution in [0.5, 0.6) is 5.75 Å². The third kappa shape index (κ3) is 3.88. The van der Waals surface area contributed by atoms with Gasteiger partial charge in [0.25, 0.3) is 0 Å². The van der Waals surface area contributed by atoms with E-state index in [4.69, 9.17) is 5.73 Å². The van der Waals surface area contributed by atoms with Gasteiger partial charge in [-0.3, -0.25) is 0 Å². The predicted octanol–water partition coefficient (Wildman–Crippen LogP) is 0.102. The van der Waals surface area contributed by atoms with Crippen molar-refractivity contribution in [3.63, 3.8) is 0 Å². The average Bonchev–Trinajstić information content (AvgIpc) is 2.29. The van der Waals surface area contributed by atoms with Gasteiger partial charge in [-0.25, -0.2) is 0 Å². The van der Waals surface area contributed by atoms with Crippen LogP contribution in [0.2, 0.25) is 0 Å². The van der Waals surface area contributed by atoms with Crippen LogP contribution in [-0.4, -0.2) is 16.9 Å². The Bertz CT molecular complexity index is 569. The van der Waals surface area contributed by atoms with E-state index in [-0.39, 0.29) is 62.9 Å². The SMILES string of the molecule is CC(=O)C([NH-])Cc1ccc2cc(O)ccc2c1.[K+]. The predicted molar refractivity (Wildman–Crippen MR) is 68.1 cm³/mol. The van der Waals surface area contributed by atoms with Gasteiger partial charge in [-0.05, 0) is 41.8 Å². The Kier molecular flexibility index (Phi) is 5.97. The van der Waals surface area contributed by atoms with E-state index in [0.29, 0.717) is 6.42 Å². The quantitative estimate of drug-likeness (QED) is 0.802. The number of fused-ring (bicyclic) bond motifs is 1. The summed E-state index contributed by atoms with van der Waals surface area (Å²) < 4.78 is 0. The number of ketones is 1. The molecule has 0 amide bonds. The number of Topliss-reactive ketones (excluding diaryl/α,β-unsaturated/α-hetero) is 1. The second-order valence-corrected chi connectivity index (χ2v) is 4.23. The summed E-state index contributed by atoms with van der Waals surface area (Å²) in [6.07, 6.45) is 0.437. The summed E-state index contributed by atoms with van der Waals surface area (Å²) >= 11 is 0. The number of rotatable bonds is 3. The maximum absolute atomic E-state index is 11.0. The molecule has 0 saturated heterocycles. The van der Waals surface area contributed by atoms with Crippen LogP contribution in [0.3, 0.4) is 0 Å². The number of carbonyl (C=O) groups is 1. The van der Waals surface area contributed by atoms with Crippen molar-refractivity contribution in [2.75, 3.05) is 0 Å². The van der Waals surface area contributed by atoms with Crippen molar-refractivity contribution >= 4 is 16.6 Å². The minimum Gasteiger partial charge on any atom is -0.668 e. The Labute approximate surface area is 149 Å². The maximum Gasteiger partial charge on any atom is 1.00 e. The molecule has 0 heterocycles. The van der Waals surface area contributed by atoms with Gasteiger partial charge in [0, 0.05) is 0 Å². The second kappa shape index (κ2) is 6.79. The number of benzene rings is 2. The minimum atomic E-state index is -0.690. The average molecular weight is 267 g/mol. The molecule has 0 aliphatic heterocycles. The topological polar surface area (TPSA) is 61.1 Å². The standard InChI is InChI=1S/C14H14NO2.K/c1-9(16)14(15)7-10-2-3-12-8-13(17)5-4-11(12)6-10;/h2-6,8,14-15,17H,7H2,1H3;/q-1;+1. The molecule has 2 rings (SSSR count). The summed E-state index contributed by atoms with van der Waals surface area (Å²) in [5.41, 5.74) is 8.59. The second-order valence-electron chi connectivity index (χ2n) is 4.23. The molecule has 0 aromatic heterocycles. The van der Waals surface area contributed by atoms with Gasteiger partial charge in [0.15, 0.2) is 0 Å². The number of nitrogens with one attached hydrogen (secondary N) is 1. The van der Waals surface area contributed by atoms with Crippen LogP contribution in [0.25, 0.3) is 16.5 Å². The Morgan fingerprint density at radius 3 is 2.50 bits per heavy atom. The fraction of sp³-hybridized carbons (Fsp3) is 0.214. The first-order chi connectivity index (χ1) is 8.06. The summed E-state index contributed by atoms with van der Waals surface area (Å²) in [5, 5.41) is 11.3. The summed E-state index contributed by atoms with van der Waals surface area (Å²) in [4.78, 5) is 11.0. The molecule has 4 heteroatoms. The van der Waals surface area contributed by atoms with Gasteiger partial charge in [-0.15, -0.1) is 0 Å². The number of aromatic hydroxyl groups is 1. The molecule has 18 heavy (non-hydrogen) atoms. The van der Waals surface area contributed by atoms with Gasteiger partial charge in [-0.1, -0.05) is 30.3 Å². The smallest absolute Gasteiger partial charge is 0.668 e. The summed E-state index contributed by atoms with van der Waals surface area (Å²) in [7, 11) is 0. The molecule has 0 radical (unpaired) electrons. The van der Waals surface area contributed by atoms with Crippen LogP contribution in [-0.2, 0) is 11.2 Å². The molecular weight excluding hydrogens is 253 g/mol. The Hall–Kier alpha value is -0.234. The van der Waals surface area contributed by atoms with E-state index in [9.17, 15) is 9.90 Å². The Morgan fingerprint density at radius 1 is 1.22 bits per heavy atom. The minimum absolute atomic E-state index is 0. The molecule has 2 N–H and O–H groups in total.